The minimum absolute atomic E-state index is 0.126. The van der Waals surface area contributed by atoms with E-state index in [0.29, 0.717) is 16.7 Å². The summed E-state index contributed by atoms with van der Waals surface area (Å²) >= 11 is 0. The van der Waals surface area contributed by atoms with Gasteiger partial charge in [0.15, 0.2) is 22.6 Å². The van der Waals surface area contributed by atoms with Crippen molar-refractivity contribution in [1.29, 1.82) is 0 Å². The summed E-state index contributed by atoms with van der Waals surface area (Å²) in [6.07, 6.45) is 1.77. The molecule has 2 aromatic heterocycles. The molecule has 1 saturated heterocycles. The zero-order valence-electron chi connectivity index (χ0n) is 28.8. The second-order valence-electron chi connectivity index (χ2n) is 14.5. The van der Waals surface area contributed by atoms with Gasteiger partial charge in [-0.1, -0.05) is 125 Å². The minimum Gasteiger partial charge on any atom is -0.405 e. The Morgan fingerprint density at radius 2 is 1.55 bits per heavy atom. The molecular weight excluding hydrogens is 647 g/mol. The fraction of sp³-hybridized carbons (Fsp3) is 0.316. The molecule has 6 rings (SSSR count). The fourth-order valence-electron chi connectivity index (χ4n) is 6.40. The molecule has 49 heavy (non-hydrogen) atoms. The van der Waals surface area contributed by atoms with Crippen molar-refractivity contribution >= 4 is 49.7 Å². The zero-order chi connectivity index (χ0) is 34.9. The second kappa shape index (κ2) is 13.5. The van der Waals surface area contributed by atoms with Gasteiger partial charge in [0.1, 0.15) is 26.7 Å². The van der Waals surface area contributed by atoms with E-state index >= 15 is 0 Å². The van der Waals surface area contributed by atoms with Crippen LogP contribution in [0.15, 0.2) is 104 Å². The van der Waals surface area contributed by atoms with Crippen LogP contribution in [-0.4, -0.2) is 65.2 Å². The Morgan fingerprint density at radius 1 is 0.959 bits per heavy atom. The van der Waals surface area contributed by atoms with Crippen LogP contribution in [0.3, 0.4) is 0 Å². The lowest BCUT2D eigenvalue weighted by Crippen LogP contribution is -2.67. The molecule has 5 aromatic rings. The molecule has 1 aliphatic heterocycles. The highest BCUT2D eigenvalue weighted by atomic mass is 28.4. The molecular formula is C38H43N5O4Si2. The summed E-state index contributed by atoms with van der Waals surface area (Å²) in [6, 6.07) is 29.7. The first kappa shape index (κ1) is 34.4. The number of ether oxygens (including phenoxy) is 1. The number of hydrogen-bond acceptors (Lipinski definition) is 7. The van der Waals surface area contributed by atoms with Gasteiger partial charge in [0.2, 0.25) is 0 Å². The van der Waals surface area contributed by atoms with Crippen LogP contribution < -0.4 is 15.7 Å². The smallest absolute Gasteiger partial charge is 0.261 e. The topological polar surface area (TPSA) is 111 Å². The molecule has 1 amide bonds. The van der Waals surface area contributed by atoms with Gasteiger partial charge in [-0.3, -0.25) is 9.36 Å². The van der Waals surface area contributed by atoms with Crippen molar-refractivity contribution in [2.24, 2.45) is 0 Å². The quantitative estimate of drug-likeness (QED) is 0.162. The van der Waals surface area contributed by atoms with Crippen LogP contribution in [0.2, 0.25) is 24.7 Å². The first-order valence-electron chi connectivity index (χ1n) is 16.5. The molecule has 3 heterocycles. The van der Waals surface area contributed by atoms with Crippen LogP contribution in [0.5, 0.6) is 0 Å². The van der Waals surface area contributed by atoms with Crippen LogP contribution in [0, 0.1) is 11.5 Å². The maximum Gasteiger partial charge on any atom is 0.261 e. The van der Waals surface area contributed by atoms with Crippen molar-refractivity contribution < 1.29 is 19.1 Å². The summed E-state index contributed by atoms with van der Waals surface area (Å²) in [5.41, 5.74) is 3.28. The number of benzene rings is 3. The number of hydrogen-bond donors (Lipinski definition) is 2. The molecule has 3 atom stereocenters. The van der Waals surface area contributed by atoms with E-state index in [-0.39, 0.29) is 29.8 Å². The summed E-state index contributed by atoms with van der Waals surface area (Å²) in [6.45, 7) is 13.2. The van der Waals surface area contributed by atoms with Crippen LogP contribution >= 0.6 is 0 Å². The SMILES string of the molecule is CC(C)(C)[Si](OC[C@H]1O[C@@H](n2cnc3c(NC(=O)c4ccccc4)ncnc32)C[C@]1(O)C#C[Si](C)(C)C)(c1ccccc1)c1ccccc1. The normalized spacial score (nSPS) is 19.7. The molecule has 9 nitrogen and oxygen atoms in total. The van der Waals surface area contributed by atoms with E-state index < -0.39 is 34.3 Å². The molecule has 1 aliphatic rings. The maximum absolute atomic E-state index is 12.9. The minimum atomic E-state index is -2.93. The second-order valence-corrected chi connectivity index (χ2v) is 23.6. The Labute approximate surface area is 289 Å². The largest absolute Gasteiger partial charge is 0.405 e. The van der Waals surface area contributed by atoms with Gasteiger partial charge >= 0.3 is 0 Å². The van der Waals surface area contributed by atoms with Gasteiger partial charge in [0.25, 0.3) is 14.2 Å². The Balaban J connectivity index is 1.36. The number of anilines is 1. The number of aromatic nitrogens is 4. The lowest BCUT2D eigenvalue weighted by molar-refractivity contribution is -0.0572. The van der Waals surface area contributed by atoms with Gasteiger partial charge in [-0.05, 0) is 27.5 Å². The number of fused-ring (bicyclic) bond motifs is 1. The number of carbonyl (C=O) groups is 1. The predicted octanol–water partition coefficient (Wildman–Crippen LogP) is 5.55. The van der Waals surface area contributed by atoms with Gasteiger partial charge in [-0.2, -0.15) is 0 Å². The Morgan fingerprint density at radius 3 is 2.12 bits per heavy atom. The van der Waals surface area contributed by atoms with Crippen LogP contribution in [0.25, 0.3) is 11.2 Å². The third-order valence-corrected chi connectivity index (χ3v) is 14.7. The maximum atomic E-state index is 12.9. The van der Waals surface area contributed by atoms with Gasteiger partial charge in [0, 0.05) is 12.0 Å². The van der Waals surface area contributed by atoms with E-state index in [1.165, 1.54) is 6.33 Å². The van der Waals surface area contributed by atoms with Crippen molar-refractivity contribution in [3.05, 3.63) is 109 Å². The fourth-order valence-corrected chi connectivity index (χ4v) is 11.6. The van der Waals surface area contributed by atoms with E-state index in [2.05, 4.69) is 121 Å². The first-order valence-corrected chi connectivity index (χ1v) is 21.9. The van der Waals surface area contributed by atoms with Gasteiger partial charge < -0.3 is 19.6 Å². The summed E-state index contributed by atoms with van der Waals surface area (Å²) in [4.78, 5) is 26.3. The standard InChI is InChI=1S/C38H43N5O4Si2/c1-37(2,3)49(29-18-12-8-13-19-29,30-20-14-9-15-21-30)46-25-31-38(45,22-23-48(4,5)6)24-32(47-31)43-27-41-33-34(39-26-40-35(33)43)42-36(44)28-16-10-7-11-17-28/h7-21,26-27,31-32,45H,24-25H2,1-6H3,(H,39,40,42,44)/t31-,32-,38-/m1/s1. The Bertz CT molecular complexity index is 1940. The molecule has 11 heteroatoms. The molecule has 3 aromatic carbocycles. The third kappa shape index (κ3) is 7.01. The van der Waals surface area contributed by atoms with Crippen molar-refractivity contribution in [2.75, 3.05) is 11.9 Å². The molecule has 0 radical (unpaired) electrons. The van der Waals surface area contributed by atoms with Crippen LogP contribution in [-0.2, 0) is 9.16 Å². The first-order chi connectivity index (χ1) is 23.3. The molecule has 0 bridgehead atoms. The number of rotatable bonds is 8. The summed E-state index contributed by atoms with van der Waals surface area (Å²) in [5.74, 6) is 3.24. The number of nitrogens with zero attached hydrogens (tertiary/aromatic N) is 4. The van der Waals surface area contributed by atoms with Crippen molar-refractivity contribution in [2.45, 2.75) is 69.8 Å². The van der Waals surface area contributed by atoms with E-state index in [1.807, 2.05) is 18.2 Å². The number of carbonyl (C=O) groups excluding carboxylic acids is 1. The molecule has 0 saturated carbocycles. The Hall–Kier alpha value is -4.45. The molecule has 0 spiro atoms. The highest BCUT2D eigenvalue weighted by Crippen LogP contribution is 2.41. The van der Waals surface area contributed by atoms with Gasteiger partial charge in [-0.25, -0.2) is 15.0 Å². The average Bonchev–Trinajstić information content (AvgIpc) is 3.66. The summed E-state index contributed by atoms with van der Waals surface area (Å²) < 4.78 is 15.7. The van der Waals surface area contributed by atoms with Crippen molar-refractivity contribution in [1.82, 2.24) is 19.5 Å². The summed E-state index contributed by atoms with van der Waals surface area (Å²) in [7, 11) is -4.80. The van der Waals surface area contributed by atoms with Crippen LogP contribution in [0.4, 0.5) is 5.82 Å². The average molecular weight is 690 g/mol. The molecule has 0 aliphatic carbocycles. The predicted molar refractivity (Wildman–Crippen MR) is 198 cm³/mol. The highest BCUT2D eigenvalue weighted by molar-refractivity contribution is 6.99. The monoisotopic (exact) mass is 689 g/mol. The van der Waals surface area contributed by atoms with E-state index in [0.717, 1.165) is 10.4 Å². The molecule has 0 unspecified atom stereocenters. The van der Waals surface area contributed by atoms with Crippen molar-refractivity contribution in [3.8, 4) is 11.5 Å². The highest BCUT2D eigenvalue weighted by Gasteiger charge is 2.53. The number of aliphatic hydroxyl groups is 1. The van der Waals surface area contributed by atoms with Gasteiger partial charge in [0.05, 0.1) is 12.9 Å². The van der Waals surface area contributed by atoms with E-state index in [4.69, 9.17) is 9.16 Å². The summed E-state index contributed by atoms with van der Waals surface area (Å²) in [5, 5.41) is 17.2. The number of nitrogens with one attached hydrogen (secondary N) is 1. The van der Waals surface area contributed by atoms with Crippen LogP contribution in [0.1, 0.15) is 43.8 Å². The van der Waals surface area contributed by atoms with Gasteiger partial charge in [-0.15, -0.1) is 5.54 Å². The van der Waals surface area contributed by atoms with Crippen molar-refractivity contribution in [3.63, 3.8) is 0 Å². The number of imidazole rings is 1. The molecule has 1 fully saturated rings. The molecule has 252 valence electrons. The lowest BCUT2D eigenvalue weighted by Gasteiger charge is -2.44. The van der Waals surface area contributed by atoms with E-state index in [9.17, 15) is 9.90 Å². The Kier molecular flexibility index (Phi) is 9.45. The molecule has 2 N–H and O–H groups in total. The zero-order valence-corrected chi connectivity index (χ0v) is 30.8. The number of amides is 1. The third-order valence-electron chi connectivity index (χ3n) is 8.80. The lowest BCUT2D eigenvalue weighted by atomic mass is 9.96. The van der Waals surface area contributed by atoms with E-state index in [1.54, 1.807) is 35.2 Å².